The molecule has 33 heavy (non-hydrogen) atoms. The van der Waals surface area contributed by atoms with Crippen molar-refractivity contribution < 1.29 is 23.9 Å². The van der Waals surface area contributed by atoms with Crippen LogP contribution >= 0.6 is 0 Å². The van der Waals surface area contributed by atoms with E-state index in [1.54, 1.807) is 30.3 Å². The first-order valence-electron chi connectivity index (χ1n) is 10.1. The zero-order valence-corrected chi connectivity index (χ0v) is 18.0. The Morgan fingerprint density at radius 1 is 1.09 bits per heavy atom. The van der Waals surface area contributed by atoms with Gasteiger partial charge in [-0.25, -0.2) is 9.79 Å². The van der Waals surface area contributed by atoms with Crippen molar-refractivity contribution in [3.8, 4) is 11.5 Å². The number of carbonyl (C=O) groups is 1. The standard InChI is InChI=1S/C25H20N2O6/c1-16-6-3-7-17(12-16)15-32-23-18(8-5-11-22(23)31-2)14-21-25(28)33-24(26-21)19-9-4-10-20(13-19)27(29)30/h3-14H,15H2,1-2H3/b21-14-. The lowest BCUT2D eigenvalue weighted by Gasteiger charge is -2.14. The Kier molecular flexibility index (Phi) is 6.17. The molecule has 0 N–H and O–H groups in total. The van der Waals surface area contributed by atoms with Crippen LogP contribution in [0.3, 0.4) is 0 Å². The molecule has 0 atom stereocenters. The van der Waals surface area contributed by atoms with Gasteiger partial charge in [0.1, 0.15) is 6.61 Å². The highest BCUT2D eigenvalue weighted by Gasteiger charge is 2.26. The first kappa shape index (κ1) is 21.8. The summed E-state index contributed by atoms with van der Waals surface area (Å²) >= 11 is 0. The third-order valence-electron chi connectivity index (χ3n) is 4.91. The summed E-state index contributed by atoms with van der Waals surface area (Å²) in [6.07, 6.45) is 1.54. The number of nitrogens with zero attached hydrogens (tertiary/aromatic N) is 2. The van der Waals surface area contributed by atoms with E-state index in [9.17, 15) is 14.9 Å². The van der Waals surface area contributed by atoms with Crippen molar-refractivity contribution in [3.05, 3.63) is 105 Å². The summed E-state index contributed by atoms with van der Waals surface area (Å²) in [6.45, 7) is 2.32. The van der Waals surface area contributed by atoms with Crippen molar-refractivity contribution in [1.29, 1.82) is 0 Å². The van der Waals surface area contributed by atoms with Crippen molar-refractivity contribution in [2.75, 3.05) is 7.11 Å². The number of methoxy groups -OCH3 is 1. The van der Waals surface area contributed by atoms with Gasteiger partial charge in [-0.15, -0.1) is 0 Å². The Balaban J connectivity index is 1.66. The fourth-order valence-corrected chi connectivity index (χ4v) is 3.35. The Bertz CT molecular complexity index is 1300. The molecule has 0 aromatic heterocycles. The van der Waals surface area contributed by atoms with Gasteiger partial charge in [-0.2, -0.15) is 0 Å². The van der Waals surface area contributed by atoms with E-state index in [4.69, 9.17) is 14.2 Å². The van der Waals surface area contributed by atoms with E-state index in [0.717, 1.165) is 11.1 Å². The topological polar surface area (TPSA) is 100 Å². The Labute approximate surface area is 189 Å². The van der Waals surface area contributed by atoms with E-state index >= 15 is 0 Å². The molecule has 0 aliphatic carbocycles. The fraction of sp³-hybridized carbons (Fsp3) is 0.120. The van der Waals surface area contributed by atoms with Gasteiger partial charge in [0.2, 0.25) is 5.90 Å². The molecule has 0 spiro atoms. The van der Waals surface area contributed by atoms with Gasteiger partial charge in [0.05, 0.1) is 12.0 Å². The average molecular weight is 444 g/mol. The van der Waals surface area contributed by atoms with E-state index in [1.165, 1.54) is 25.3 Å². The highest BCUT2D eigenvalue weighted by atomic mass is 16.6. The van der Waals surface area contributed by atoms with Crippen LogP contribution in [0.2, 0.25) is 0 Å². The maximum absolute atomic E-state index is 12.5. The van der Waals surface area contributed by atoms with Gasteiger partial charge in [-0.05, 0) is 30.7 Å². The number of hydrogen-bond donors (Lipinski definition) is 0. The minimum atomic E-state index is -0.663. The van der Waals surface area contributed by atoms with Crippen molar-refractivity contribution in [2.45, 2.75) is 13.5 Å². The molecule has 1 aliphatic rings. The second-order valence-corrected chi connectivity index (χ2v) is 7.30. The molecule has 3 aromatic carbocycles. The number of cyclic esters (lactones) is 1. The van der Waals surface area contributed by atoms with Gasteiger partial charge in [0, 0.05) is 23.3 Å². The molecule has 8 heteroatoms. The second kappa shape index (κ2) is 9.35. The molecule has 0 unspecified atom stereocenters. The number of hydrogen-bond acceptors (Lipinski definition) is 7. The smallest absolute Gasteiger partial charge is 0.363 e. The van der Waals surface area contributed by atoms with Crippen LogP contribution in [0.4, 0.5) is 5.69 Å². The number of carbonyl (C=O) groups excluding carboxylic acids is 1. The van der Waals surface area contributed by atoms with E-state index in [1.807, 2.05) is 31.2 Å². The number of nitro groups is 1. The number of aryl methyl sites for hydroxylation is 1. The molecule has 0 saturated heterocycles. The Morgan fingerprint density at radius 2 is 1.88 bits per heavy atom. The van der Waals surface area contributed by atoms with Gasteiger partial charge < -0.3 is 14.2 Å². The third-order valence-corrected chi connectivity index (χ3v) is 4.91. The van der Waals surface area contributed by atoms with E-state index in [2.05, 4.69) is 4.99 Å². The number of ether oxygens (including phenoxy) is 3. The summed E-state index contributed by atoms with van der Waals surface area (Å²) < 4.78 is 16.8. The maximum Gasteiger partial charge on any atom is 0.363 e. The molecule has 0 bridgehead atoms. The molecular weight excluding hydrogens is 424 g/mol. The molecule has 3 aromatic rings. The number of para-hydroxylation sites is 1. The molecule has 0 radical (unpaired) electrons. The first-order chi connectivity index (χ1) is 15.9. The van der Waals surface area contributed by atoms with Crippen LogP contribution in [-0.2, 0) is 16.1 Å². The summed E-state index contributed by atoms with van der Waals surface area (Å²) in [6, 6.07) is 19.0. The summed E-state index contributed by atoms with van der Waals surface area (Å²) in [7, 11) is 1.54. The molecule has 166 valence electrons. The van der Waals surface area contributed by atoms with Crippen LogP contribution in [0.15, 0.2) is 77.4 Å². The lowest BCUT2D eigenvalue weighted by molar-refractivity contribution is -0.384. The number of non-ortho nitro benzene ring substituents is 1. The largest absolute Gasteiger partial charge is 0.493 e. The molecule has 0 amide bonds. The lowest BCUT2D eigenvalue weighted by Crippen LogP contribution is -2.05. The van der Waals surface area contributed by atoms with Gasteiger partial charge in [0.25, 0.3) is 5.69 Å². The molecule has 0 saturated carbocycles. The second-order valence-electron chi connectivity index (χ2n) is 7.30. The Morgan fingerprint density at radius 3 is 2.64 bits per heavy atom. The molecule has 1 aliphatic heterocycles. The summed E-state index contributed by atoms with van der Waals surface area (Å²) in [4.78, 5) is 27.2. The predicted octanol–water partition coefficient (Wildman–Crippen LogP) is 4.84. The monoisotopic (exact) mass is 444 g/mol. The number of rotatable bonds is 7. The summed E-state index contributed by atoms with van der Waals surface area (Å²) in [5, 5.41) is 11.0. The third kappa shape index (κ3) is 4.90. The molecule has 0 fully saturated rings. The average Bonchev–Trinajstić information content (AvgIpc) is 3.18. The molecular formula is C25H20N2O6. The molecule has 4 rings (SSSR count). The summed E-state index contributed by atoms with van der Waals surface area (Å²) in [5.74, 6) is 0.302. The lowest BCUT2D eigenvalue weighted by atomic mass is 10.1. The van der Waals surface area contributed by atoms with Crippen LogP contribution in [0.25, 0.3) is 6.08 Å². The number of benzene rings is 3. The van der Waals surface area contributed by atoms with Crippen LogP contribution in [-0.4, -0.2) is 23.9 Å². The zero-order chi connectivity index (χ0) is 23.4. The minimum absolute atomic E-state index is 0.0000697. The number of esters is 1. The normalized spacial score (nSPS) is 14.1. The number of aliphatic imine (C=N–C) groups is 1. The van der Waals surface area contributed by atoms with Gasteiger partial charge in [0.15, 0.2) is 17.2 Å². The molecule has 8 nitrogen and oxygen atoms in total. The Hall–Kier alpha value is -4.46. The van der Waals surface area contributed by atoms with Crippen molar-refractivity contribution in [3.63, 3.8) is 0 Å². The van der Waals surface area contributed by atoms with Crippen LogP contribution in [0.5, 0.6) is 11.5 Å². The van der Waals surface area contributed by atoms with Crippen LogP contribution in [0.1, 0.15) is 22.3 Å². The predicted molar refractivity (Wildman–Crippen MR) is 122 cm³/mol. The SMILES string of the molecule is COc1cccc(/C=C2\N=C(c3cccc([N+](=O)[O-])c3)OC2=O)c1OCc1cccc(C)c1. The zero-order valence-electron chi connectivity index (χ0n) is 18.0. The van der Waals surface area contributed by atoms with Crippen molar-refractivity contribution in [2.24, 2.45) is 4.99 Å². The first-order valence-corrected chi connectivity index (χ1v) is 10.1. The van der Waals surface area contributed by atoms with Gasteiger partial charge in [-0.3, -0.25) is 10.1 Å². The summed E-state index contributed by atoms with van der Waals surface area (Å²) in [5.41, 5.74) is 2.95. The van der Waals surface area contributed by atoms with Gasteiger partial charge in [-0.1, -0.05) is 48.0 Å². The van der Waals surface area contributed by atoms with E-state index in [-0.39, 0.29) is 17.3 Å². The highest BCUT2D eigenvalue weighted by Crippen LogP contribution is 2.34. The van der Waals surface area contributed by atoms with Gasteiger partial charge >= 0.3 is 5.97 Å². The minimum Gasteiger partial charge on any atom is -0.493 e. The van der Waals surface area contributed by atoms with Crippen molar-refractivity contribution >= 4 is 23.6 Å². The highest BCUT2D eigenvalue weighted by molar-refractivity contribution is 6.13. The maximum atomic E-state index is 12.5. The fourth-order valence-electron chi connectivity index (χ4n) is 3.35. The number of nitro benzene ring substituents is 1. The van der Waals surface area contributed by atoms with E-state index < -0.39 is 10.9 Å². The molecule has 1 heterocycles. The van der Waals surface area contributed by atoms with Crippen LogP contribution in [0, 0.1) is 17.0 Å². The van der Waals surface area contributed by atoms with Crippen molar-refractivity contribution in [1.82, 2.24) is 0 Å². The van der Waals surface area contributed by atoms with E-state index in [0.29, 0.717) is 29.2 Å². The quantitative estimate of drug-likeness (QED) is 0.224. The van der Waals surface area contributed by atoms with Crippen LogP contribution < -0.4 is 9.47 Å².